The molecule has 2 aliphatic rings. The lowest BCUT2D eigenvalue weighted by molar-refractivity contribution is -0.0739. The van der Waals surface area contributed by atoms with Gasteiger partial charge in [-0.25, -0.2) is 15.0 Å². The van der Waals surface area contributed by atoms with E-state index in [9.17, 15) is 18.4 Å². The van der Waals surface area contributed by atoms with Crippen molar-refractivity contribution in [3.63, 3.8) is 0 Å². The number of thiazole rings is 1. The zero-order valence-electron chi connectivity index (χ0n) is 21.0. The van der Waals surface area contributed by atoms with Gasteiger partial charge in [0.1, 0.15) is 27.8 Å². The molecule has 204 valence electrons. The van der Waals surface area contributed by atoms with Crippen LogP contribution in [0.3, 0.4) is 0 Å². The highest BCUT2D eigenvalue weighted by molar-refractivity contribution is 7.10. The number of nitrogens with one attached hydrogen (secondary N) is 2. The molecule has 0 spiro atoms. The normalized spacial score (nSPS) is 22.3. The van der Waals surface area contributed by atoms with Crippen LogP contribution in [-0.4, -0.2) is 53.7 Å². The number of halogens is 2. The third-order valence-electron chi connectivity index (χ3n) is 6.47. The first-order chi connectivity index (χ1) is 18.7. The van der Waals surface area contributed by atoms with Crippen molar-refractivity contribution in [3.05, 3.63) is 69.8 Å². The van der Waals surface area contributed by atoms with Crippen molar-refractivity contribution in [2.45, 2.75) is 38.5 Å². The third-order valence-corrected chi connectivity index (χ3v) is 7.48. The minimum atomic E-state index is -2.99. The molecule has 5 rings (SSSR count). The Balaban J connectivity index is 1.37. The first-order valence-electron chi connectivity index (χ1n) is 12.1. The number of alkyl halides is 2. The van der Waals surface area contributed by atoms with Crippen LogP contribution in [0, 0.1) is 12.8 Å². The molecule has 4 heterocycles. The standard InChI is InChI=1S/C26H25F2N5O5S/c1-14-8-18(38-24(27)28)10-29-20(14)22(35)30-19-12-39-23(31-19)26-13-37-15(2)9-17(26)11-36-25(33-26)32-21(34)16-6-4-3-5-7-16/h3-8,10,12,15,17,24H,9,11,13H2,1-2H3,(H,30,35)(H,32,33,34)/t15-,17-,26-/m0/s1. The Morgan fingerprint density at radius 3 is 2.74 bits per heavy atom. The summed E-state index contributed by atoms with van der Waals surface area (Å²) >= 11 is 1.30. The van der Waals surface area contributed by atoms with Gasteiger partial charge in [-0.1, -0.05) is 18.2 Å². The van der Waals surface area contributed by atoms with Gasteiger partial charge in [-0.05, 0) is 44.0 Å². The molecule has 39 heavy (non-hydrogen) atoms. The number of benzene rings is 1. The number of rotatable bonds is 6. The van der Waals surface area contributed by atoms with Crippen LogP contribution in [-0.2, 0) is 15.0 Å². The van der Waals surface area contributed by atoms with E-state index in [2.05, 4.69) is 25.3 Å². The molecule has 2 amide bonds. The quantitative estimate of drug-likeness (QED) is 0.467. The Morgan fingerprint density at radius 1 is 1.21 bits per heavy atom. The maximum Gasteiger partial charge on any atom is 0.387 e. The van der Waals surface area contributed by atoms with E-state index in [0.717, 1.165) is 6.20 Å². The Labute approximate surface area is 226 Å². The summed E-state index contributed by atoms with van der Waals surface area (Å²) in [4.78, 5) is 39.0. The number of nitrogens with zero attached hydrogens (tertiary/aromatic N) is 3. The Kier molecular flexibility index (Phi) is 7.53. The Hall–Kier alpha value is -3.97. The summed E-state index contributed by atoms with van der Waals surface area (Å²) in [6, 6.07) is 10.1. The van der Waals surface area contributed by atoms with Gasteiger partial charge in [0.25, 0.3) is 17.8 Å². The van der Waals surface area contributed by atoms with Crippen LogP contribution < -0.4 is 15.4 Å². The monoisotopic (exact) mass is 557 g/mol. The number of carbonyl (C=O) groups excluding carboxylic acids is 2. The molecule has 2 aliphatic heterocycles. The highest BCUT2D eigenvalue weighted by atomic mass is 32.1. The van der Waals surface area contributed by atoms with E-state index in [0.29, 0.717) is 29.2 Å². The van der Waals surface area contributed by atoms with Crippen molar-refractivity contribution >= 4 is 35.0 Å². The maximum atomic E-state index is 12.9. The summed E-state index contributed by atoms with van der Waals surface area (Å²) in [7, 11) is 0. The number of carbonyl (C=O) groups is 2. The number of amides is 2. The number of aromatic nitrogens is 2. The summed E-state index contributed by atoms with van der Waals surface area (Å²) < 4.78 is 41.1. The van der Waals surface area contributed by atoms with E-state index in [-0.39, 0.29) is 47.8 Å². The van der Waals surface area contributed by atoms with Gasteiger partial charge < -0.3 is 19.5 Å². The number of aryl methyl sites for hydroxylation is 1. The molecule has 0 bridgehead atoms. The van der Waals surface area contributed by atoms with Gasteiger partial charge in [0.2, 0.25) is 0 Å². The first kappa shape index (κ1) is 26.6. The van der Waals surface area contributed by atoms with Gasteiger partial charge in [0, 0.05) is 16.9 Å². The van der Waals surface area contributed by atoms with Gasteiger partial charge in [0.05, 0.1) is 25.5 Å². The molecule has 13 heteroatoms. The van der Waals surface area contributed by atoms with Crippen molar-refractivity contribution in [2.75, 3.05) is 18.5 Å². The molecule has 3 aromatic rings. The number of aliphatic imine (C=N–C) groups is 1. The minimum absolute atomic E-state index is 0.00686. The lowest BCUT2D eigenvalue weighted by Crippen LogP contribution is -2.52. The SMILES string of the molecule is Cc1cc(OC(F)F)cnc1C(=O)Nc1csc([C@]23CO[C@@H](C)C[C@H]2COC(NC(=O)c2ccccc2)=N3)n1. The summed E-state index contributed by atoms with van der Waals surface area (Å²) in [5.74, 6) is -0.842. The largest absolute Gasteiger partial charge is 0.465 e. The fraction of sp³-hybridized carbons (Fsp3) is 0.346. The molecule has 2 N–H and O–H groups in total. The Morgan fingerprint density at radius 2 is 2.00 bits per heavy atom. The fourth-order valence-electron chi connectivity index (χ4n) is 4.54. The molecule has 0 saturated carbocycles. The predicted molar refractivity (Wildman–Crippen MR) is 138 cm³/mol. The summed E-state index contributed by atoms with van der Waals surface area (Å²) in [6.07, 6.45) is 1.72. The second-order valence-corrected chi connectivity index (χ2v) is 10.1. The van der Waals surface area contributed by atoms with E-state index in [4.69, 9.17) is 14.5 Å². The van der Waals surface area contributed by atoms with Gasteiger partial charge in [-0.2, -0.15) is 8.78 Å². The number of fused-ring (bicyclic) bond motifs is 1. The van der Waals surface area contributed by atoms with E-state index in [1.165, 1.54) is 17.4 Å². The van der Waals surface area contributed by atoms with E-state index >= 15 is 0 Å². The van der Waals surface area contributed by atoms with Crippen molar-refractivity contribution in [2.24, 2.45) is 10.9 Å². The first-order valence-corrected chi connectivity index (χ1v) is 13.0. The maximum absolute atomic E-state index is 12.9. The molecule has 0 aliphatic carbocycles. The van der Waals surface area contributed by atoms with Crippen molar-refractivity contribution in [1.29, 1.82) is 0 Å². The van der Waals surface area contributed by atoms with Crippen molar-refractivity contribution < 1.29 is 32.6 Å². The number of pyridine rings is 1. The summed E-state index contributed by atoms with van der Waals surface area (Å²) in [5.41, 5.74) is -0.0418. The van der Waals surface area contributed by atoms with Crippen LogP contribution in [0.25, 0.3) is 0 Å². The Bertz CT molecular complexity index is 1400. The van der Waals surface area contributed by atoms with Gasteiger partial charge in [-0.15, -0.1) is 11.3 Å². The lowest BCUT2D eigenvalue weighted by Gasteiger charge is -2.44. The highest BCUT2D eigenvalue weighted by Crippen LogP contribution is 2.45. The molecule has 10 nitrogen and oxygen atoms in total. The fourth-order valence-corrected chi connectivity index (χ4v) is 5.50. The lowest BCUT2D eigenvalue weighted by atomic mass is 9.79. The van der Waals surface area contributed by atoms with Crippen molar-refractivity contribution in [1.82, 2.24) is 15.3 Å². The van der Waals surface area contributed by atoms with Crippen LogP contribution in [0.4, 0.5) is 14.6 Å². The number of ether oxygens (including phenoxy) is 3. The minimum Gasteiger partial charge on any atom is -0.465 e. The second kappa shape index (κ2) is 11.0. The van der Waals surface area contributed by atoms with E-state index in [1.807, 2.05) is 13.0 Å². The molecule has 1 aromatic carbocycles. The molecule has 1 saturated heterocycles. The number of anilines is 1. The molecular formula is C26H25F2N5O5S. The topological polar surface area (TPSA) is 124 Å². The van der Waals surface area contributed by atoms with Gasteiger partial charge in [-0.3, -0.25) is 14.9 Å². The molecule has 1 fully saturated rings. The van der Waals surface area contributed by atoms with Crippen LogP contribution >= 0.6 is 11.3 Å². The average molecular weight is 558 g/mol. The van der Waals surface area contributed by atoms with E-state index < -0.39 is 18.1 Å². The molecular weight excluding hydrogens is 532 g/mol. The smallest absolute Gasteiger partial charge is 0.387 e. The van der Waals surface area contributed by atoms with Crippen LogP contribution in [0.15, 0.2) is 53.0 Å². The average Bonchev–Trinajstić information content (AvgIpc) is 3.38. The highest BCUT2D eigenvalue weighted by Gasteiger charge is 2.50. The van der Waals surface area contributed by atoms with Crippen LogP contribution in [0.5, 0.6) is 5.75 Å². The number of amidine groups is 1. The molecule has 2 aromatic heterocycles. The third kappa shape index (κ3) is 5.73. The number of hydrogen-bond donors (Lipinski definition) is 2. The van der Waals surface area contributed by atoms with E-state index in [1.54, 1.807) is 36.6 Å². The second-order valence-electron chi connectivity index (χ2n) is 9.23. The van der Waals surface area contributed by atoms with Crippen LogP contribution in [0.2, 0.25) is 0 Å². The predicted octanol–water partition coefficient (Wildman–Crippen LogP) is 4.14. The summed E-state index contributed by atoms with van der Waals surface area (Å²) in [6.45, 7) is 1.08. The van der Waals surface area contributed by atoms with Crippen LogP contribution in [0.1, 0.15) is 44.8 Å². The number of hydrogen-bond acceptors (Lipinski definition) is 9. The zero-order valence-corrected chi connectivity index (χ0v) is 21.8. The zero-order chi connectivity index (χ0) is 27.6. The van der Waals surface area contributed by atoms with Crippen molar-refractivity contribution in [3.8, 4) is 5.75 Å². The molecule has 0 unspecified atom stereocenters. The van der Waals surface area contributed by atoms with Gasteiger partial charge >= 0.3 is 6.61 Å². The summed E-state index contributed by atoms with van der Waals surface area (Å²) in [5, 5.41) is 7.70. The molecule has 3 atom stereocenters. The molecule has 0 radical (unpaired) electrons. The van der Waals surface area contributed by atoms with Gasteiger partial charge in [0.15, 0.2) is 0 Å².